The number of aliphatic hydroxyl groups is 1. The van der Waals surface area contributed by atoms with Gasteiger partial charge in [0.15, 0.2) is 0 Å². The van der Waals surface area contributed by atoms with E-state index in [1.807, 2.05) is 0 Å². The van der Waals surface area contributed by atoms with E-state index in [4.69, 9.17) is 9.52 Å². The highest BCUT2D eigenvalue weighted by molar-refractivity contribution is 5.86. The molecule has 1 heterocycles. The van der Waals surface area contributed by atoms with Crippen molar-refractivity contribution in [2.45, 2.75) is 44.8 Å². The molecule has 1 aromatic rings. The number of rotatable bonds is 5. The van der Waals surface area contributed by atoms with Crippen molar-refractivity contribution in [1.29, 1.82) is 0 Å². The summed E-state index contributed by atoms with van der Waals surface area (Å²) in [5.74, 6) is -0.467. The van der Waals surface area contributed by atoms with Gasteiger partial charge in [-0.3, -0.25) is 0 Å². The second-order valence-electron chi connectivity index (χ2n) is 5.07. The van der Waals surface area contributed by atoms with Gasteiger partial charge < -0.3 is 19.9 Å². The Balaban J connectivity index is 1.87. The second kappa shape index (κ2) is 5.12. The lowest BCUT2D eigenvalue weighted by atomic mass is 10.0. The summed E-state index contributed by atoms with van der Waals surface area (Å²) in [6, 6.07) is 1.72. The van der Waals surface area contributed by atoms with Crippen molar-refractivity contribution >= 4 is 5.97 Å². The van der Waals surface area contributed by atoms with Gasteiger partial charge in [0, 0.05) is 12.1 Å². The molecule has 1 saturated carbocycles. The van der Waals surface area contributed by atoms with Crippen LogP contribution in [0.15, 0.2) is 10.5 Å². The lowest BCUT2D eigenvalue weighted by Crippen LogP contribution is -2.37. The first-order valence-electron chi connectivity index (χ1n) is 6.26. The topological polar surface area (TPSA) is 82.7 Å². The molecule has 0 radical (unpaired) electrons. The minimum Gasteiger partial charge on any atom is -0.475 e. The van der Waals surface area contributed by atoms with Crippen LogP contribution in [0.5, 0.6) is 0 Å². The monoisotopic (exact) mass is 253 g/mol. The molecule has 0 atom stereocenters. The molecule has 1 aliphatic rings. The maximum absolute atomic E-state index is 10.8. The van der Waals surface area contributed by atoms with Gasteiger partial charge in [-0.2, -0.15) is 0 Å². The Kier molecular flexibility index (Phi) is 3.73. The van der Waals surface area contributed by atoms with Crippen LogP contribution in [0.25, 0.3) is 0 Å². The van der Waals surface area contributed by atoms with E-state index in [2.05, 4.69) is 5.32 Å². The minimum absolute atomic E-state index is 0.00798. The molecule has 2 rings (SSSR count). The fraction of sp³-hybridized carbons (Fsp3) is 0.615. The van der Waals surface area contributed by atoms with Crippen molar-refractivity contribution < 1.29 is 19.4 Å². The molecule has 5 heteroatoms. The van der Waals surface area contributed by atoms with Gasteiger partial charge in [0.05, 0.1) is 12.1 Å². The van der Waals surface area contributed by atoms with E-state index in [9.17, 15) is 9.90 Å². The quantitative estimate of drug-likeness (QED) is 0.743. The highest BCUT2D eigenvalue weighted by atomic mass is 16.4. The Morgan fingerprint density at radius 1 is 1.50 bits per heavy atom. The number of aromatic carboxylic acids is 1. The van der Waals surface area contributed by atoms with E-state index >= 15 is 0 Å². The Hall–Kier alpha value is -1.33. The zero-order valence-electron chi connectivity index (χ0n) is 10.5. The van der Waals surface area contributed by atoms with Crippen LogP contribution in [0.2, 0.25) is 0 Å². The molecule has 0 spiro atoms. The van der Waals surface area contributed by atoms with Crippen LogP contribution < -0.4 is 5.32 Å². The number of nitrogens with one attached hydrogen (secondary N) is 1. The van der Waals surface area contributed by atoms with Gasteiger partial charge in [-0.15, -0.1) is 0 Å². The third kappa shape index (κ3) is 2.91. The molecule has 1 fully saturated rings. The lowest BCUT2D eigenvalue weighted by Gasteiger charge is -2.22. The molecule has 0 amide bonds. The van der Waals surface area contributed by atoms with Crippen LogP contribution >= 0.6 is 0 Å². The van der Waals surface area contributed by atoms with Gasteiger partial charge >= 0.3 is 5.97 Å². The van der Waals surface area contributed by atoms with E-state index in [1.165, 1.54) is 0 Å². The van der Waals surface area contributed by atoms with Crippen LogP contribution in [-0.4, -0.2) is 28.3 Å². The molecule has 0 unspecified atom stereocenters. The molecule has 100 valence electrons. The normalized spacial score (nSPS) is 18.1. The molecule has 5 nitrogen and oxygen atoms in total. The zero-order chi connectivity index (χ0) is 13.2. The summed E-state index contributed by atoms with van der Waals surface area (Å²) in [4.78, 5) is 10.8. The summed E-state index contributed by atoms with van der Waals surface area (Å²) in [6.45, 7) is 2.67. The lowest BCUT2D eigenvalue weighted by molar-refractivity contribution is 0.0468. The molecular formula is C13H19NO4. The fourth-order valence-electron chi connectivity index (χ4n) is 2.48. The molecule has 0 bridgehead atoms. The van der Waals surface area contributed by atoms with Crippen LogP contribution in [-0.2, 0) is 6.54 Å². The predicted molar refractivity (Wildman–Crippen MR) is 65.5 cm³/mol. The highest BCUT2D eigenvalue weighted by Crippen LogP contribution is 2.28. The first-order valence-corrected chi connectivity index (χ1v) is 6.26. The predicted octanol–water partition coefficient (Wildman–Crippen LogP) is 1.68. The average Bonchev–Trinajstić information content (AvgIpc) is 2.86. The Morgan fingerprint density at radius 2 is 2.17 bits per heavy atom. The Morgan fingerprint density at radius 3 is 2.72 bits per heavy atom. The third-order valence-electron chi connectivity index (χ3n) is 3.45. The van der Waals surface area contributed by atoms with Crippen LogP contribution in [0.1, 0.15) is 47.6 Å². The summed E-state index contributed by atoms with van der Waals surface area (Å²) < 4.78 is 5.23. The Bertz CT molecular complexity index is 432. The summed E-state index contributed by atoms with van der Waals surface area (Å²) in [5.41, 5.74) is 0.0240. The van der Waals surface area contributed by atoms with Gasteiger partial charge in [-0.1, -0.05) is 12.8 Å². The molecule has 3 N–H and O–H groups in total. The maximum atomic E-state index is 10.8. The van der Waals surface area contributed by atoms with E-state index < -0.39 is 11.6 Å². The van der Waals surface area contributed by atoms with Crippen molar-refractivity contribution in [3.63, 3.8) is 0 Å². The summed E-state index contributed by atoms with van der Waals surface area (Å²) in [6.07, 6.45) is 3.80. The number of carboxylic acid groups (broad SMARTS) is 1. The second-order valence-corrected chi connectivity index (χ2v) is 5.07. The van der Waals surface area contributed by atoms with Crippen LogP contribution in [0, 0.1) is 6.92 Å². The van der Waals surface area contributed by atoms with E-state index in [0.717, 1.165) is 25.7 Å². The molecule has 0 aliphatic heterocycles. The first-order chi connectivity index (χ1) is 8.50. The van der Waals surface area contributed by atoms with Crippen LogP contribution in [0.4, 0.5) is 0 Å². The van der Waals surface area contributed by atoms with Gasteiger partial charge in [-0.25, -0.2) is 4.79 Å². The fourth-order valence-corrected chi connectivity index (χ4v) is 2.48. The molecule has 18 heavy (non-hydrogen) atoms. The van der Waals surface area contributed by atoms with Gasteiger partial charge in [-0.05, 0) is 25.8 Å². The standard InChI is InChI=1S/C13H19NO4/c1-9-6-10(18-11(9)12(15)16)7-14-8-13(17)4-2-3-5-13/h6,14,17H,2-5,7-8H2,1H3,(H,15,16). The maximum Gasteiger partial charge on any atom is 0.372 e. The molecule has 0 aromatic carbocycles. The number of hydrogen-bond donors (Lipinski definition) is 3. The van der Waals surface area contributed by atoms with E-state index in [-0.39, 0.29) is 5.76 Å². The molecule has 1 aliphatic carbocycles. The third-order valence-corrected chi connectivity index (χ3v) is 3.45. The van der Waals surface area contributed by atoms with Crippen molar-refractivity contribution in [1.82, 2.24) is 5.32 Å². The smallest absolute Gasteiger partial charge is 0.372 e. The van der Waals surface area contributed by atoms with Gasteiger partial charge in [0.2, 0.25) is 5.76 Å². The zero-order valence-corrected chi connectivity index (χ0v) is 10.5. The van der Waals surface area contributed by atoms with Crippen molar-refractivity contribution in [2.75, 3.05) is 6.54 Å². The molecule has 0 saturated heterocycles. The number of hydrogen-bond acceptors (Lipinski definition) is 4. The first kappa shape index (κ1) is 13.1. The number of aryl methyl sites for hydroxylation is 1. The molecular weight excluding hydrogens is 234 g/mol. The van der Waals surface area contributed by atoms with E-state index in [0.29, 0.717) is 24.4 Å². The summed E-state index contributed by atoms with van der Waals surface area (Å²) in [7, 11) is 0. The summed E-state index contributed by atoms with van der Waals surface area (Å²) in [5, 5.41) is 22.1. The summed E-state index contributed by atoms with van der Waals surface area (Å²) >= 11 is 0. The minimum atomic E-state index is -1.05. The number of furan rings is 1. The highest BCUT2D eigenvalue weighted by Gasteiger charge is 2.30. The van der Waals surface area contributed by atoms with Crippen molar-refractivity contribution in [3.8, 4) is 0 Å². The van der Waals surface area contributed by atoms with Crippen LogP contribution in [0.3, 0.4) is 0 Å². The SMILES string of the molecule is Cc1cc(CNCC2(O)CCCC2)oc1C(=O)O. The van der Waals surface area contributed by atoms with E-state index in [1.54, 1.807) is 13.0 Å². The van der Waals surface area contributed by atoms with Gasteiger partial charge in [0.25, 0.3) is 0 Å². The Labute approximate surface area is 106 Å². The number of carboxylic acids is 1. The largest absolute Gasteiger partial charge is 0.475 e. The molecule has 1 aromatic heterocycles. The van der Waals surface area contributed by atoms with Crippen molar-refractivity contribution in [2.24, 2.45) is 0 Å². The number of carbonyl (C=O) groups is 1. The van der Waals surface area contributed by atoms with Gasteiger partial charge in [0.1, 0.15) is 5.76 Å². The average molecular weight is 253 g/mol. The van der Waals surface area contributed by atoms with Crippen molar-refractivity contribution in [3.05, 3.63) is 23.2 Å².